The maximum absolute atomic E-state index is 12.6. The third-order valence-corrected chi connectivity index (χ3v) is 4.76. The molecule has 1 unspecified atom stereocenters. The van der Waals surface area contributed by atoms with Crippen LogP contribution in [0.15, 0.2) is 42.0 Å². The highest BCUT2D eigenvalue weighted by molar-refractivity contribution is 6.36. The number of carbonyl (C=O) groups is 2. The van der Waals surface area contributed by atoms with Gasteiger partial charge in [-0.05, 0) is 55.8 Å². The highest BCUT2D eigenvalue weighted by Gasteiger charge is 2.19. The van der Waals surface area contributed by atoms with Gasteiger partial charge < -0.3 is 19.7 Å². The van der Waals surface area contributed by atoms with Gasteiger partial charge >= 0.3 is 0 Å². The molecule has 0 aliphatic carbocycles. The van der Waals surface area contributed by atoms with Crippen LogP contribution in [-0.4, -0.2) is 43.5 Å². The van der Waals surface area contributed by atoms with Crippen LogP contribution in [0.1, 0.15) is 19.4 Å². The number of hydrogen-bond acceptors (Lipinski definition) is 5. The van der Waals surface area contributed by atoms with Crippen molar-refractivity contribution in [2.24, 2.45) is 0 Å². The van der Waals surface area contributed by atoms with Gasteiger partial charge in [0.2, 0.25) is 0 Å². The molecule has 0 radical (unpaired) electrons. The van der Waals surface area contributed by atoms with Crippen molar-refractivity contribution in [3.05, 3.63) is 57.6 Å². The largest absolute Gasteiger partial charge is 0.490 e. The quantitative estimate of drug-likeness (QED) is 0.437. The fourth-order valence-electron chi connectivity index (χ4n) is 2.68. The number of amides is 2. The Morgan fingerprint density at radius 3 is 2.50 bits per heavy atom. The Morgan fingerprint density at radius 2 is 1.91 bits per heavy atom. The molecule has 2 aromatic carbocycles. The number of nitrogens with zero attached hydrogens (tertiary/aromatic N) is 2. The number of nitrogens with one attached hydrogen (secondary N) is 1. The fraction of sp³-hybridized carbons (Fsp3) is 0.261. The van der Waals surface area contributed by atoms with Crippen molar-refractivity contribution in [1.29, 1.82) is 5.26 Å². The van der Waals surface area contributed by atoms with Gasteiger partial charge in [-0.25, -0.2) is 0 Å². The van der Waals surface area contributed by atoms with E-state index in [2.05, 4.69) is 5.32 Å². The van der Waals surface area contributed by atoms with Crippen molar-refractivity contribution in [1.82, 2.24) is 4.90 Å². The topological polar surface area (TPSA) is 91.7 Å². The van der Waals surface area contributed by atoms with Crippen molar-refractivity contribution in [3.8, 4) is 17.6 Å². The van der Waals surface area contributed by atoms with Crippen molar-refractivity contribution in [2.45, 2.75) is 20.0 Å². The summed E-state index contributed by atoms with van der Waals surface area (Å²) in [5, 5.41) is 12.7. The number of likely N-dealkylation sites (N-methyl/N-ethyl adjacent to an activating group) is 1. The van der Waals surface area contributed by atoms with Gasteiger partial charge in [-0.1, -0.05) is 29.3 Å². The molecule has 2 aromatic rings. The summed E-state index contributed by atoms with van der Waals surface area (Å²) in [6.45, 7) is 3.82. The van der Waals surface area contributed by atoms with Gasteiger partial charge in [0.05, 0.1) is 17.3 Å². The smallest absolute Gasteiger partial charge is 0.266 e. The second-order valence-electron chi connectivity index (χ2n) is 6.88. The molecule has 0 saturated heterocycles. The molecule has 1 N–H and O–H groups in total. The van der Waals surface area contributed by atoms with Crippen LogP contribution in [0.25, 0.3) is 6.08 Å². The van der Waals surface area contributed by atoms with Gasteiger partial charge in [0, 0.05) is 19.1 Å². The predicted octanol–water partition coefficient (Wildman–Crippen LogP) is 4.79. The van der Waals surface area contributed by atoms with Gasteiger partial charge in [0.25, 0.3) is 11.8 Å². The number of anilines is 1. The number of carbonyl (C=O) groups excluding carboxylic acids is 2. The molecule has 0 spiro atoms. The first-order chi connectivity index (χ1) is 15.2. The van der Waals surface area contributed by atoms with Crippen molar-refractivity contribution in [3.63, 3.8) is 0 Å². The Balaban J connectivity index is 2.28. The Morgan fingerprint density at radius 1 is 1.19 bits per heavy atom. The van der Waals surface area contributed by atoms with Crippen LogP contribution in [0.4, 0.5) is 5.69 Å². The van der Waals surface area contributed by atoms with Crippen molar-refractivity contribution >= 4 is 46.8 Å². The highest BCUT2D eigenvalue weighted by atomic mass is 35.5. The zero-order valence-electron chi connectivity index (χ0n) is 18.1. The van der Waals surface area contributed by atoms with E-state index >= 15 is 0 Å². The maximum Gasteiger partial charge on any atom is 0.266 e. The van der Waals surface area contributed by atoms with E-state index in [1.165, 1.54) is 17.0 Å². The molecule has 0 heterocycles. The summed E-state index contributed by atoms with van der Waals surface area (Å²) in [7, 11) is 3.29. The molecule has 1 atom stereocenters. The molecule has 2 amide bonds. The summed E-state index contributed by atoms with van der Waals surface area (Å²) < 4.78 is 11.4. The monoisotopic (exact) mass is 475 g/mol. The zero-order valence-corrected chi connectivity index (χ0v) is 19.6. The van der Waals surface area contributed by atoms with E-state index < -0.39 is 12.0 Å². The van der Waals surface area contributed by atoms with Crippen LogP contribution in [0, 0.1) is 11.3 Å². The van der Waals surface area contributed by atoms with E-state index in [4.69, 9.17) is 32.7 Å². The maximum atomic E-state index is 12.6. The summed E-state index contributed by atoms with van der Waals surface area (Å²) in [5.74, 6) is -0.0540. The predicted molar refractivity (Wildman–Crippen MR) is 125 cm³/mol. The van der Waals surface area contributed by atoms with Gasteiger partial charge in [0.1, 0.15) is 11.6 Å². The lowest BCUT2D eigenvalue weighted by Gasteiger charge is -2.20. The third-order valence-electron chi connectivity index (χ3n) is 4.22. The van der Waals surface area contributed by atoms with Gasteiger partial charge in [0.15, 0.2) is 17.6 Å². The molecule has 168 valence electrons. The van der Waals surface area contributed by atoms with Crippen LogP contribution in [0.2, 0.25) is 10.0 Å². The molecule has 7 nitrogen and oxygen atoms in total. The summed E-state index contributed by atoms with van der Waals surface area (Å²) in [5.41, 5.74) is 0.741. The molecule has 9 heteroatoms. The van der Waals surface area contributed by atoms with Crippen LogP contribution in [0.5, 0.6) is 11.5 Å². The Hall–Kier alpha value is -3.21. The Kier molecular flexibility index (Phi) is 8.94. The summed E-state index contributed by atoms with van der Waals surface area (Å²) in [4.78, 5) is 26.1. The number of halogens is 2. The summed E-state index contributed by atoms with van der Waals surface area (Å²) in [6.07, 6.45) is 0.704. The van der Waals surface area contributed by atoms with E-state index in [0.717, 1.165) is 0 Å². The fourth-order valence-corrected chi connectivity index (χ4v) is 3.14. The standard InChI is InChI=1S/C23H23Cl2N3O4/c1-5-31-21-11-15(6-9-20(21)32-14(2)23(30)28(3)4)10-16(13-26)22(29)27-19-8-7-17(24)12-18(19)25/h6-12,14H,5H2,1-4H3,(H,27,29)/b16-10+. The molecular formula is C23H23Cl2N3O4. The average Bonchev–Trinajstić information content (AvgIpc) is 2.74. The highest BCUT2D eigenvalue weighted by Crippen LogP contribution is 2.31. The normalized spacial score (nSPS) is 11.8. The van der Waals surface area contributed by atoms with Crippen molar-refractivity contribution < 1.29 is 19.1 Å². The molecule has 2 rings (SSSR count). The molecule has 0 aliphatic heterocycles. The van der Waals surface area contributed by atoms with E-state index in [0.29, 0.717) is 34.4 Å². The lowest BCUT2D eigenvalue weighted by molar-refractivity contribution is -0.135. The first-order valence-corrected chi connectivity index (χ1v) is 10.4. The minimum atomic E-state index is -0.713. The molecule has 32 heavy (non-hydrogen) atoms. The molecule has 0 aromatic heterocycles. The van der Waals surface area contributed by atoms with Crippen LogP contribution in [0.3, 0.4) is 0 Å². The number of rotatable bonds is 8. The first-order valence-electron chi connectivity index (χ1n) is 9.69. The van der Waals surface area contributed by atoms with Crippen molar-refractivity contribution in [2.75, 3.05) is 26.0 Å². The SMILES string of the molecule is CCOc1cc(/C=C(\C#N)C(=O)Nc2ccc(Cl)cc2Cl)ccc1OC(C)C(=O)N(C)C. The second kappa shape index (κ2) is 11.4. The molecule has 0 saturated carbocycles. The molecule has 0 bridgehead atoms. The Bertz CT molecular complexity index is 1080. The number of nitriles is 1. The number of benzene rings is 2. The number of hydrogen-bond donors (Lipinski definition) is 1. The third kappa shape index (κ3) is 6.64. The lowest BCUT2D eigenvalue weighted by Crippen LogP contribution is -2.35. The molecule has 0 aliphatic rings. The molecular weight excluding hydrogens is 453 g/mol. The van der Waals surface area contributed by atoms with Crippen LogP contribution >= 0.6 is 23.2 Å². The van der Waals surface area contributed by atoms with Crippen LogP contribution in [-0.2, 0) is 9.59 Å². The van der Waals surface area contributed by atoms with Gasteiger partial charge in [-0.15, -0.1) is 0 Å². The van der Waals surface area contributed by atoms with Crippen LogP contribution < -0.4 is 14.8 Å². The Labute approximate surface area is 197 Å². The summed E-state index contributed by atoms with van der Waals surface area (Å²) >= 11 is 11.9. The van der Waals surface area contributed by atoms with E-state index in [1.54, 1.807) is 51.4 Å². The zero-order chi connectivity index (χ0) is 23.8. The minimum Gasteiger partial charge on any atom is -0.490 e. The van der Waals surface area contributed by atoms with Gasteiger partial charge in [-0.3, -0.25) is 9.59 Å². The second-order valence-corrected chi connectivity index (χ2v) is 7.72. The summed E-state index contributed by atoms with van der Waals surface area (Å²) in [6, 6.07) is 11.4. The van der Waals surface area contributed by atoms with E-state index in [9.17, 15) is 14.9 Å². The lowest BCUT2D eigenvalue weighted by atomic mass is 10.1. The van der Waals surface area contributed by atoms with Gasteiger partial charge in [-0.2, -0.15) is 5.26 Å². The molecule has 0 fully saturated rings. The average molecular weight is 476 g/mol. The minimum absolute atomic E-state index is 0.136. The van der Waals surface area contributed by atoms with E-state index in [1.807, 2.05) is 13.0 Å². The first kappa shape index (κ1) is 25.1. The number of ether oxygens (including phenoxy) is 2. The van der Waals surface area contributed by atoms with E-state index in [-0.39, 0.29) is 16.5 Å².